The van der Waals surface area contributed by atoms with E-state index in [4.69, 9.17) is 14.2 Å². The van der Waals surface area contributed by atoms with E-state index in [1.54, 1.807) is 34.5 Å². The van der Waals surface area contributed by atoms with E-state index in [1.807, 2.05) is 36.2 Å². The first-order chi connectivity index (χ1) is 15.8. The number of piperazine rings is 1. The predicted molar refractivity (Wildman–Crippen MR) is 131 cm³/mol. The van der Waals surface area contributed by atoms with E-state index in [9.17, 15) is 9.90 Å². The van der Waals surface area contributed by atoms with Crippen molar-refractivity contribution in [3.8, 4) is 17.4 Å². The van der Waals surface area contributed by atoms with Crippen LogP contribution in [0.2, 0.25) is 0 Å². The summed E-state index contributed by atoms with van der Waals surface area (Å²) in [7, 11) is 4.78. The molecule has 0 saturated carbocycles. The number of aliphatic hydroxyl groups excluding tert-OH is 1. The van der Waals surface area contributed by atoms with Gasteiger partial charge in [0.05, 0.1) is 27.4 Å². The van der Waals surface area contributed by atoms with Crippen molar-refractivity contribution in [2.45, 2.75) is 26.0 Å². The van der Waals surface area contributed by atoms with Crippen molar-refractivity contribution >= 4 is 28.3 Å². The Kier molecular flexibility index (Phi) is 8.28. The van der Waals surface area contributed by atoms with Gasteiger partial charge in [-0.3, -0.25) is 4.79 Å². The first-order valence-corrected chi connectivity index (χ1v) is 11.9. The number of hydrogen-bond donors (Lipinski definition) is 2. The van der Waals surface area contributed by atoms with E-state index in [0.29, 0.717) is 54.0 Å². The first-order valence-electron chi connectivity index (χ1n) is 10.6. The largest absolute Gasteiger partial charge is 0.497 e. The van der Waals surface area contributed by atoms with Crippen LogP contribution in [-0.4, -0.2) is 73.5 Å². The minimum absolute atomic E-state index is 0.0387. The number of rotatable bonds is 8. The Morgan fingerprint density at radius 3 is 2.36 bits per heavy atom. The Hall–Kier alpha value is -2.69. The minimum Gasteiger partial charge on any atom is -0.497 e. The summed E-state index contributed by atoms with van der Waals surface area (Å²) in [5.74, 6) is 1.80. The maximum absolute atomic E-state index is 12.9. The highest BCUT2D eigenvalue weighted by atomic mass is 32.2. The third-order valence-electron chi connectivity index (χ3n) is 5.68. The van der Waals surface area contributed by atoms with E-state index >= 15 is 0 Å². The number of nitrogens with one attached hydrogen (secondary N) is 1. The molecular formula is C23H32N4O5S. The number of methoxy groups -OCH3 is 3. The highest BCUT2D eigenvalue weighted by molar-refractivity contribution is 8.13. The van der Waals surface area contributed by atoms with Crippen LogP contribution in [0.3, 0.4) is 0 Å². The Morgan fingerprint density at radius 1 is 1.15 bits per heavy atom. The summed E-state index contributed by atoms with van der Waals surface area (Å²) in [5.41, 5.74) is 6.26. The molecule has 1 aromatic carbocycles. The predicted octanol–water partition coefficient (Wildman–Crippen LogP) is 2.88. The topological polar surface area (TPSA) is 96.4 Å². The molecule has 10 heteroatoms. The summed E-state index contributed by atoms with van der Waals surface area (Å²) in [6.45, 7) is 5.24. The molecule has 9 nitrogen and oxygen atoms in total. The highest BCUT2D eigenvalue weighted by Crippen LogP contribution is 2.32. The number of hydrogen-bond acceptors (Lipinski definition) is 10. The van der Waals surface area contributed by atoms with Crippen LogP contribution in [-0.2, 0) is 4.79 Å². The molecule has 0 spiro atoms. The summed E-state index contributed by atoms with van der Waals surface area (Å²) in [6, 6.07) is 7.10. The lowest BCUT2D eigenvalue weighted by molar-refractivity contribution is -0.115. The fraction of sp³-hybridized carbons (Fsp3) is 0.478. The maximum atomic E-state index is 12.9. The maximum Gasteiger partial charge on any atom is 0.238 e. The number of nitrogens with zero attached hydrogens (tertiary/aromatic N) is 3. The molecule has 3 rings (SSSR count). The zero-order chi connectivity index (χ0) is 24.1. The summed E-state index contributed by atoms with van der Waals surface area (Å²) in [4.78, 5) is 19.5. The Bertz CT molecular complexity index is 965. The molecule has 180 valence electrons. The van der Waals surface area contributed by atoms with Crippen LogP contribution in [0.4, 0.5) is 11.4 Å². The molecule has 0 bridgehead atoms. The molecule has 1 fully saturated rings. The molecule has 0 amide bonds. The monoisotopic (exact) mass is 476 g/mol. The third-order valence-corrected chi connectivity index (χ3v) is 6.35. The number of aliphatic hydroxyl groups is 1. The van der Waals surface area contributed by atoms with E-state index in [1.165, 1.54) is 11.8 Å². The second-order valence-electron chi connectivity index (χ2n) is 7.76. The van der Waals surface area contributed by atoms with Crippen molar-refractivity contribution in [3.63, 3.8) is 0 Å². The quantitative estimate of drug-likeness (QED) is 0.592. The van der Waals surface area contributed by atoms with Gasteiger partial charge in [-0.1, -0.05) is 11.8 Å². The van der Waals surface area contributed by atoms with Crippen molar-refractivity contribution in [2.24, 2.45) is 0 Å². The molecule has 1 saturated heterocycles. The van der Waals surface area contributed by atoms with Gasteiger partial charge in [-0.25, -0.2) is 9.99 Å². The van der Waals surface area contributed by atoms with Crippen molar-refractivity contribution in [1.82, 2.24) is 9.99 Å². The number of anilines is 2. The normalized spacial score (nSPS) is 17.4. The van der Waals surface area contributed by atoms with Crippen LogP contribution in [0.15, 0.2) is 24.3 Å². The number of aryl methyl sites for hydroxylation is 1. The van der Waals surface area contributed by atoms with E-state index in [-0.39, 0.29) is 5.12 Å². The van der Waals surface area contributed by atoms with Crippen LogP contribution < -0.4 is 24.5 Å². The van der Waals surface area contributed by atoms with Gasteiger partial charge >= 0.3 is 0 Å². The third kappa shape index (κ3) is 5.63. The lowest BCUT2D eigenvalue weighted by Gasteiger charge is -2.41. The molecule has 1 aliphatic heterocycles. The van der Waals surface area contributed by atoms with Crippen molar-refractivity contribution < 1.29 is 24.1 Å². The van der Waals surface area contributed by atoms with Crippen LogP contribution >= 0.6 is 11.8 Å². The average Bonchev–Trinajstić information content (AvgIpc) is 2.83. The summed E-state index contributed by atoms with van der Waals surface area (Å²) < 4.78 is 16.3. The lowest BCUT2D eigenvalue weighted by Crippen LogP contribution is -2.58. The minimum atomic E-state index is -0.674. The second kappa shape index (κ2) is 11.0. The van der Waals surface area contributed by atoms with Gasteiger partial charge in [0.2, 0.25) is 11.0 Å². The van der Waals surface area contributed by atoms with Gasteiger partial charge in [0.15, 0.2) is 0 Å². The zero-order valence-electron chi connectivity index (χ0n) is 19.9. The number of benzene rings is 1. The fourth-order valence-corrected chi connectivity index (χ4v) is 4.35. The highest BCUT2D eigenvalue weighted by Gasteiger charge is 2.33. The molecule has 0 aliphatic carbocycles. The van der Waals surface area contributed by atoms with Gasteiger partial charge in [0, 0.05) is 54.8 Å². The summed E-state index contributed by atoms with van der Waals surface area (Å²) >= 11 is 1.20. The Labute approximate surface area is 199 Å². The molecule has 1 aliphatic rings. The molecule has 2 atom stereocenters. The number of thioether (sulfide) groups is 1. The molecular weight excluding hydrogens is 444 g/mol. The fourth-order valence-electron chi connectivity index (χ4n) is 3.88. The number of carbonyl (C=O) groups excluding carboxylic acids is 1. The number of carbonyl (C=O) groups is 1. The van der Waals surface area contributed by atoms with Gasteiger partial charge in [-0.05, 0) is 26.2 Å². The summed E-state index contributed by atoms with van der Waals surface area (Å²) in [5, 5.41) is 12.1. The Morgan fingerprint density at radius 2 is 1.82 bits per heavy atom. The number of hydrazine groups is 1. The standard InChI is InChI=1S/C23H32N4O5S/c1-14-19(15(2)28)12-20(22(24-14)32-5)25-27-8-7-26(13-21(27)23(29)33-6)16-9-17(30-3)11-18(10-16)31-4/h9-12,15,21,25,28H,7-8,13H2,1-6H3. The molecule has 2 N–H and O–H groups in total. The van der Waals surface area contributed by atoms with Gasteiger partial charge in [0.1, 0.15) is 23.2 Å². The van der Waals surface area contributed by atoms with Crippen LogP contribution in [0.1, 0.15) is 24.3 Å². The SMILES string of the molecule is COc1cc(OC)cc(N2CCN(Nc3cc(C(C)O)c(C)nc3OC)C(C(=O)SC)C2)c1. The lowest BCUT2D eigenvalue weighted by atomic mass is 10.1. The average molecular weight is 477 g/mol. The number of ether oxygens (including phenoxy) is 3. The van der Waals surface area contributed by atoms with E-state index in [0.717, 1.165) is 5.69 Å². The van der Waals surface area contributed by atoms with E-state index < -0.39 is 12.1 Å². The van der Waals surface area contributed by atoms with Crippen LogP contribution in [0.25, 0.3) is 0 Å². The van der Waals surface area contributed by atoms with E-state index in [2.05, 4.69) is 15.3 Å². The van der Waals surface area contributed by atoms with Gasteiger partial charge in [-0.15, -0.1) is 0 Å². The molecule has 2 unspecified atom stereocenters. The molecule has 2 heterocycles. The van der Waals surface area contributed by atoms with Gasteiger partial charge in [0.25, 0.3) is 0 Å². The molecule has 2 aromatic rings. The van der Waals surface area contributed by atoms with Crippen molar-refractivity contribution in [1.29, 1.82) is 0 Å². The smallest absolute Gasteiger partial charge is 0.238 e. The number of pyridine rings is 1. The first kappa shape index (κ1) is 24.9. The van der Waals surface area contributed by atoms with Crippen molar-refractivity contribution in [2.75, 3.05) is 57.5 Å². The molecule has 0 radical (unpaired) electrons. The van der Waals surface area contributed by atoms with Crippen LogP contribution in [0, 0.1) is 6.92 Å². The summed E-state index contributed by atoms with van der Waals surface area (Å²) in [6.07, 6.45) is 1.11. The molecule has 33 heavy (non-hydrogen) atoms. The Balaban J connectivity index is 1.89. The van der Waals surface area contributed by atoms with Crippen molar-refractivity contribution in [3.05, 3.63) is 35.5 Å². The van der Waals surface area contributed by atoms with Gasteiger partial charge in [-0.2, -0.15) is 0 Å². The molecule has 1 aromatic heterocycles. The van der Waals surface area contributed by atoms with Gasteiger partial charge < -0.3 is 29.6 Å². The zero-order valence-corrected chi connectivity index (χ0v) is 20.7. The number of aromatic nitrogens is 1. The van der Waals surface area contributed by atoms with Crippen LogP contribution in [0.5, 0.6) is 17.4 Å². The second-order valence-corrected chi connectivity index (χ2v) is 8.57.